The van der Waals surface area contributed by atoms with Crippen molar-refractivity contribution in [2.45, 2.75) is 20.3 Å². The highest BCUT2D eigenvalue weighted by molar-refractivity contribution is 5.72. The van der Waals surface area contributed by atoms with Gasteiger partial charge >= 0.3 is 5.97 Å². The van der Waals surface area contributed by atoms with Gasteiger partial charge in [0.1, 0.15) is 0 Å². The summed E-state index contributed by atoms with van der Waals surface area (Å²) in [5.74, 6) is -0.181. The molecule has 0 aliphatic rings. The summed E-state index contributed by atoms with van der Waals surface area (Å²) in [7, 11) is 0. The van der Waals surface area contributed by atoms with Crippen LogP contribution in [-0.4, -0.2) is 18.1 Å². The molecule has 0 fully saturated rings. The number of carbonyl (C=O) groups is 1. The highest BCUT2D eigenvalue weighted by Gasteiger charge is 2.10. The third-order valence-corrected chi connectivity index (χ3v) is 1.21. The van der Waals surface area contributed by atoms with Gasteiger partial charge in [-0.05, 0) is 13.3 Å². The molecule has 0 heterocycles. The predicted octanol–water partition coefficient (Wildman–Crippen LogP) is 0.937. The van der Waals surface area contributed by atoms with E-state index in [1.54, 1.807) is 13.0 Å². The monoisotopic (exact) mass is 160 g/mol. The van der Waals surface area contributed by atoms with Crippen molar-refractivity contribution in [1.29, 1.82) is 0 Å². The van der Waals surface area contributed by atoms with Crippen molar-refractivity contribution < 1.29 is 15.0 Å². The molecule has 1 atom stereocenters. The van der Waals surface area contributed by atoms with E-state index < -0.39 is 0 Å². The maximum absolute atomic E-state index is 10.9. The molecule has 3 nitrogen and oxygen atoms in total. The summed E-state index contributed by atoms with van der Waals surface area (Å²) in [6, 6.07) is 0. The number of hydrogen-bond donors (Lipinski definition) is 0. The van der Waals surface area contributed by atoms with Gasteiger partial charge in [0, 0.05) is 0 Å². The van der Waals surface area contributed by atoms with Crippen molar-refractivity contribution >= 4 is 5.97 Å². The molecular weight excluding hydrogens is 144 g/mol. The lowest BCUT2D eigenvalue weighted by Gasteiger charge is -2.06. The van der Waals surface area contributed by atoms with Crippen LogP contribution in [0.5, 0.6) is 0 Å². The van der Waals surface area contributed by atoms with Gasteiger partial charge in [-0.2, -0.15) is 0 Å². The van der Waals surface area contributed by atoms with Crippen LogP contribution in [0.4, 0.5) is 0 Å². The summed E-state index contributed by atoms with van der Waals surface area (Å²) in [5.41, 5.74) is 0. The highest BCUT2D eigenvalue weighted by Crippen LogP contribution is 2.03. The molecule has 66 valence electrons. The average molecular weight is 160 g/mol. The highest BCUT2D eigenvalue weighted by atomic mass is 16.5. The molecule has 0 aromatic rings. The van der Waals surface area contributed by atoms with E-state index in [2.05, 4.69) is 6.58 Å². The van der Waals surface area contributed by atoms with Gasteiger partial charge in [0.05, 0.1) is 12.5 Å². The summed E-state index contributed by atoms with van der Waals surface area (Å²) < 4.78 is 4.77. The smallest absolute Gasteiger partial charge is 0.308 e. The normalized spacial score (nSPS) is 11.1. The van der Waals surface area contributed by atoms with Gasteiger partial charge in [-0.15, -0.1) is 6.58 Å². The predicted molar refractivity (Wildman–Crippen MR) is 44.2 cm³/mol. The number of allylic oxidation sites excluding steroid dienone is 1. The largest absolute Gasteiger partial charge is 0.466 e. The molecule has 0 amide bonds. The Morgan fingerprint density at radius 3 is 2.64 bits per heavy atom. The number of ether oxygens (including phenoxy) is 1. The third-order valence-electron chi connectivity index (χ3n) is 1.21. The molecule has 0 radical (unpaired) electrons. The van der Waals surface area contributed by atoms with Gasteiger partial charge < -0.3 is 10.2 Å². The Hall–Kier alpha value is -0.830. The minimum Gasteiger partial charge on any atom is -0.466 e. The van der Waals surface area contributed by atoms with E-state index >= 15 is 0 Å². The average Bonchev–Trinajstić information content (AvgIpc) is 1.89. The number of hydrogen-bond acceptors (Lipinski definition) is 2. The number of rotatable bonds is 4. The van der Waals surface area contributed by atoms with Crippen molar-refractivity contribution in [3.8, 4) is 0 Å². The van der Waals surface area contributed by atoms with E-state index in [0.29, 0.717) is 13.0 Å². The van der Waals surface area contributed by atoms with Gasteiger partial charge in [-0.25, -0.2) is 0 Å². The first-order valence-corrected chi connectivity index (χ1v) is 3.49. The SMILES string of the molecule is C=CCC(C)C(=O)OCC.O. The fourth-order valence-electron chi connectivity index (χ4n) is 0.631. The van der Waals surface area contributed by atoms with Crippen LogP contribution in [0.25, 0.3) is 0 Å². The Labute approximate surface area is 67.4 Å². The Morgan fingerprint density at radius 1 is 1.73 bits per heavy atom. The van der Waals surface area contributed by atoms with Crippen LogP contribution in [0.3, 0.4) is 0 Å². The van der Waals surface area contributed by atoms with E-state index in [9.17, 15) is 4.79 Å². The lowest BCUT2D eigenvalue weighted by Crippen LogP contribution is -2.13. The molecule has 0 aliphatic carbocycles. The van der Waals surface area contributed by atoms with Crippen LogP contribution in [0.2, 0.25) is 0 Å². The van der Waals surface area contributed by atoms with Crippen LogP contribution < -0.4 is 0 Å². The van der Waals surface area contributed by atoms with Crippen LogP contribution in [-0.2, 0) is 9.53 Å². The first-order chi connectivity index (χ1) is 4.72. The quantitative estimate of drug-likeness (QED) is 0.454. The molecule has 0 saturated heterocycles. The molecule has 11 heavy (non-hydrogen) atoms. The molecule has 2 N–H and O–H groups in total. The van der Waals surface area contributed by atoms with E-state index in [4.69, 9.17) is 4.74 Å². The Balaban J connectivity index is 0. The molecule has 3 heteroatoms. The Bertz CT molecular complexity index is 121. The van der Waals surface area contributed by atoms with Gasteiger partial charge in [0.25, 0.3) is 0 Å². The number of carbonyl (C=O) groups excluding carboxylic acids is 1. The second kappa shape index (κ2) is 7.28. The Kier molecular flexibility index (Phi) is 8.48. The zero-order valence-corrected chi connectivity index (χ0v) is 7.09. The molecule has 1 unspecified atom stereocenters. The molecule has 0 aromatic heterocycles. The van der Waals surface area contributed by atoms with Crippen LogP contribution >= 0.6 is 0 Å². The van der Waals surface area contributed by atoms with Crippen LogP contribution in [0, 0.1) is 5.92 Å². The van der Waals surface area contributed by atoms with Crippen molar-refractivity contribution in [2.75, 3.05) is 6.61 Å². The van der Waals surface area contributed by atoms with Crippen LogP contribution in [0.15, 0.2) is 12.7 Å². The summed E-state index contributed by atoms with van der Waals surface area (Å²) in [6.07, 6.45) is 2.42. The minimum atomic E-state index is -0.137. The third kappa shape index (κ3) is 5.61. The lowest BCUT2D eigenvalue weighted by molar-refractivity contribution is -0.147. The lowest BCUT2D eigenvalue weighted by atomic mass is 10.1. The number of esters is 1. The van der Waals surface area contributed by atoms with Crippen molar-refractivity contribution in [2.24, 2.45) is 5.92 Å². The minimum absolute atomic E-state index is 0. The van der Waals surface area contributed by atoms with Crippen LogP contribution in [0.1, 0.15) is 20.3 Å². The van der Waals surface area contributed by atoms with E-state index in [-0.39, 0.29) is 17.4 Å². The fourth-order valence-corrected chi connectivity index (χ4v) is 0.631. The van der Waals surface area contributed by atoms with E-state index in [1.807, 2.05) is 6.92 Å². The second-order valence-corrected chi connectivity index (χ2v) is 2.18. The molecule has 0 aliphatic heterocycles. The van der Waals surface area contributed by atoms with Gasteiger partial charge in [-0.3, -0.25) is 4.79 Å². The maximum atomic E-state index is 10.9. The first-order valence-electron chi connectivity index (χ1n) is 3.49. The topological polar surface area (TPSA) is 57.8 Å². The second-order valence-electron chi connectivity index (χ2n) is 2.18. The fraction of sp³-hybridized carbons (Fsp3) is 0.625. The van der Waals surface area contributed by atoms with E-state index in [0.717, 1.165) is 0 Å². The zero-order valence-electron chi connectivity index (χ0n) is 7.09. The zero-order chi connectivity index (χ0) is 7.98. The Morgan fingerprint density at radius 2 is 2.27 bits per heavy atom. The standard InChI is InChI=1S/C8H14O2.H2O/c1-4-6-7(3)8(9)10-5-2;/h4,7H,1,5-6H2,2-3H3;1H2. The summed E-state index contributed by atoms with van der Waals surface area (Å²) in [5, 5.41) is 0. The van der Waals surface area contributed by atoms with Gasteiger partial charge in [0.2, 0.25) is 0 Å². The van der Waals surface area contributed by atoms with E-state index in [1.165, 1.54) is 0 Å². The first kappa shape index (κ1) is 12.8. The van der Waals surface area contributed by atoms with Gasteiger partial charge in [0.15, 0.2) is 0 Å². The van der Waals surface area contributed by atoms with Crippen molar-refractivity contribution in [3.05, 3.63) is 12.7 Å². The summed E-state index contributed by atoms with van der Waals surface area (Å²) >= 11 is 0. The van der Waals surface area contributed by atoms with Gasteiger partial charge in [-0.1, -0.05) is 13.0 Å². The molecule has 0 saturated carbocycles. The molecule has 0 aromatic carbocycles. The summed E-state index contributed by atoms with van der Waals surface area (Å²) in [6.45, 7) is 7.63. The van der Waals surface area contributed by atoms with Crippen molar-refractivity contribution in [1.82, 2.24) is 0 Å². The molecule has 0 spiro atoms. The van der Waals surface area contributed by atoms with Crippen molar-refractivity contribution in [3.63, 3.8) is 0 Å². The molecule has 0 rings (SSSR count). The summed E-state index contributed by atoms with van der Waals surface area (Å²) in [4.78, 5) is 10.9. The molecule has 0 bridgehead atoms. The maximum Gasteiger partial charge on any atom is 0.308 e. The molecular formula is C8H16O3.